The van der Waals surface area contributed by atoms with Crippen LogP contribution in [0.25, 0.3) is 0 Å². The third kappa shape index (κ3) is 3.42. The molecule has 2 atom stereocenters. The molecule has 19 heavy (non-hydrogen) atoms. The summed E-state index contributed by atoms with van der Waals surface area (Å²) in [6.45, 7) is 0.654. The number of carboxylic acid groups (broad SMARTS) is 1. The number of carbonyl (C=O) groups excluding carboxylic acids is 1. The Hall–Kier alpha value is -1.20. The molecule has 4 nitrogen and oxygen atoms in total. The van der Waals surface area contributed by atoms with E-state index < -0.39 is 23.7 Å². The smallest absolute Gasteiger partial charge is 0.308 e. The van der Waals surface area contributed by atoms with Crippen molar-refractivity contribution in [3.8, 4) is 0 Å². The SMILES string of the molecule is O=C(O)[C@H]1CCCN(C(=O)C2CCCC(F)(F)C2)C1. The van der Waals surface area contributed by atoms with Crippen molar-refractivity contribution in [2.45, 2.75) is 44.4 Å². The first-order chi connectivity index (χ1) is 8.89. The molecule has 1 aliphatic carbocycles. The average molecular weight is 275 g/mol. The molecule has 1 N–H and O–H groups in total. The first-order valence-electron chi connectivity index (χ1n) is 6.78. The van der Waals surface area contributed by atoms with Crippen LogP contribution in [0.3, 0.4) is 0 Å². The third-order valence-electron chi connectivity index (χ3n) is 4.07. The molecular formula is C13H19F2NO3. The molecule has 0 aromatic heterocycles. The minimum absolute atomic E-state index is 0.144. The number of hydrogen-bond acceptors (Lipinski definition) is 2. The zero-order valence-corrected chi connectivity index (χ0v) is 10.8. The van der Waals surface area contributed by atoms with E-state index in [2.05, 4.69) is 0 Å². The van der Waals surface area contributed by atoms with Crippen molar-refractivity contribution in [3.05, 3.63) is 0 Å². The van der Waals surface area contributed by atoms with Gasteiger partial charge in [0.25, 0.3) is 0 Å². The average Bonchev–Trinajstić information content (AvgIpc) is 2.37. The van der Waals surface area contributed by atoms with Crippen LogP contribution in [0.2, 0.25) is 0 Å². The summed E-state index contributed by atoms with van der Waals surface area (Å²) in [5.41, 5.74) is 0. The minimum atomic E-state index is -2.75. The molecule has 0 radical (unpaired) electrons. The van der Waals surface area contributed by atoms with Crippen molar-refractivity contribution in [1.29, 1.82) is 0 Å². The molecule has 6 heteroatoms. The number of amides is 1. The van der Waals surface area contributed by atoms with Gasteiger partial charge in [0, 0.05) is 31.8 Å². The van der Waals surface area contributed by atoms with Gasteiger partial charge in [0.05, 0.1) is 5.92 Å². The number of nitrogens with zero attached hydrogens (tertiary/aromatic N) is 1. The number of halogens is 2. The second kappa shape index (κ2) is 5.43. The fourth-order valence-electron chi connectivity index (χ4n) is 3.02. The number of alkyl halides is 2. The topological polar surface area (TPSA) is 57.6 Å². The Morgan fingerprint density at radius 1 is 1.16 bits per heavy atom. The lowest BCUT2D eigenvalue weighted by Crippen LogP contribution is -2.46. The number of likely N-dealkylation sites (tertiary alicyclic amines) is 1. The highest BCUT2D eigenvalue weighted by molar-refractivity contribution is 5.80. The summed E-state index contributed by atoms with van der Waals surface area (Å²) >= 11 is 0. The molecule has 1 amide bonds. The van der Waals surface area contributed by atoms with Crippen LogP contribution in [0.15, 0.2) is 0 Å². The highest BCUT2D eigenvalue weighted by atomic mass is 19.3. The monoisotopic (exact) mass is 275 g/mol. The van der Waals surface area contributed by atoms with Crippen LogP contribution in [0.5, 0.6) is 0 Å². The Morgan fingerprint density at radius 2 is 1.84 bits per heavy atom. The number of piperidine rings is 1. The van der Waals surface area contributed by atoms with E-state index in [9.17, 15) is 18.4 Å². The molecule has 2 rings (SSSR count). The first-order valence-corrected chi connectivity index (χ1v) is 6.78. The third-order valence-corrected chi connectivity index (χ3v) is 4.07. The molecule has 0 aromatic rings. The molecule has 1 unspecified atom stereocenters. The summed E-state index contributed by atoms with van der Waals surface area (Å²) < 4.78 is 26.6. The molecule has 1 heterocycles. The van der Waals surface area contributed by atoms with Crippen molar-refractivity contribution < 1.29 is 23.5 Å². The summed E-state index contributed by atoms with van der Waals surface area (Å²) in [5, 5.41) is 8.97. The second-order valence-electron chi connectivity index (χ2n) is 5.61. The van der Waals surface area contributed by atoms with Crippen molar-refractivity contribution in [2.75, 3.05) is 13.1 Å². The molecule has 2 aliphatic rings. The summed E-state index contributed by atoms with van der Waals surface area (Å²) in [5.74, 6) is -5.14. The lowest BCUT2D eigenvalue weighted by atomic mass is 9.85. The van der Waals surface area contributed by atoms with E-state index in [1.165, 1.54) is 4.90 Å². The summed E-state index contributed by atoms with van der Waals surface area (Å²) in [6.07, 6.45) is 1.50. The summed E-state index contributed by atoms with van der Waals surface area (Å²) in [6, 6.07) is 0. The standard InChI is InChI=1S/C13H19F2NO3/c14-13(15)5-1-3-9(7-13)11(17)16-6-2-4-10(8-16)12(18)19/h9-10H,1-8H2,(H,18,19)/t9?,10-/m0/s1. The largest absolute Gasteiger partial charge is 0.481 e. The number of carbonyl (C=O) groups is 2. The van der Waals surface area contributed by atoms with E-state index in [0.717, 1.165) is 0 Å². The maximum atomic E-state index is 13.3. The van der Waals surface area contributed by atoms with Crippen molar-refractivity contribution >= 4 is 11.9 Å². The molecule has 0 aromatic carbocycles. The predicted octanol–water partition coefficient (Wildman–Crippen LogP) is 2.14. The van der Waals surface area contributed by atoms with E-state index in [1.807, 2.05) is 0 Å². The van der Waals surface area contributed by atoms with Gasteiger partial charge in [0.2, 0.25) is 11.8 Å². The van der Waals surface area contributed by atoms with Crippen LogP contribution < -0.4 is 0 Å². The first kappa shape index (κ1) is 14.2. The molecule has 0 bridgehead atoms. The van der Waals surface area contributed by atoms with E-state index >= 15 is 0 Å². The van der Waals surface area contributed by atoms with Crippen LogP contribution >= 0.6 is 0 Å². The van der Waals surface area contributed by atoms with Gasteiger partial charge in [-0.1, -0.05) is 0 Å². The van der Waals surface area contributed by atoms with Gasteiger partial charge in [-0.25, -0.2) is 8.78 Å². The second-order valence-corrected chi connectivity index (χ2v) is 5.61. The van der Waals surface area contributed by atoms with Gasteiger partial charge < -0.3 is 10.0 Å². The molecule has 1 aliphatic heterocycles. The Morgan fingerprint density at radius 3 is 2.47 bits per heavy atom. The maximum Gasteiger partial charge on any atom is 0.308 e. The minimum Gasteiger partial charge on any atom is -0.481 e. The van der Waals surface area contributed by atoms with Crippen LogP contribution in [0, 0.1) is 11.8 Å². The van der Waals surface area contributed by atoms with Gasteiger partial charge in [-0.15, -0.1) is 0 Å². The van der Waals surface area contributed by atoms with E-state index in [0.29, 0.717) is 32.2 Å². The van der Waals surface area contributed by atoms with Crippen LogP contribution in [0.1, 0.15) is 38.5 Å². The van der Waals surface area contributed by atoms with E-state index in [-0.39, 0.29) is 25.3 Å². The van der Waals surface area contributed by atoms with Crippen LogP contribution in [0.4, 0.5) is 8.78 Å². The van der Waals surface area contributed by atoms with E-state index in [1.54, 1.807) is 0 Å². The Kier molecular flexibility index (Phi) is 4.06. The highest BCUT2D eigenvalue weighted by Gasteiger charge is 2.41. The predicted molar refractivity (Wildman–Crippen MR) is 63.8 cm³/mol. The summed E-state index contributed by atoms with van der Waals surface area (Å²) in [4.78, 5) is 24.6. The van der Waals surface area contributed by atoms with Crippen molar-refractivity contribution in [1.82, 2.24) is 4.90 Å². The quantitative estimate of drug-likeness (QED) is 0.840. The van der Waals surface area contributed by atoms with Crippen molar-refractivity contribution in [2.24, 2.45) is 11.8 Å². The molecule has 108 valence electrons. The Labute approximate surface area is 110 Å². The van der Waals surface area contributed by atoms with Gasteiger partial charge in [-0.2, -0.15) is 0 Å². The number of carboxylic acids is 1. The molecule has 2 fully saturated rings. The zero-order chi connectivity index (χ0) is 14.0. The Bertz CT molecular complexity index is 373. The highest BCUT2D eigenvalue weighted by Crippen LogP contribution is 2.37. The molecule has 0 spiro atoms. The fourth-order valence-corrected chi connectivity index (χ4v) is 3.02. The number of rotatable bonds is 2. The number of aliphatic carboxylic acids is 1. The van der Waals surface area contributed by atoms with Crippen LogP contribution in [-0.4, -0.2) is 40.9 Å². The van der Waals surface area contributed by atoms with Gasteiger partial charge in [0.15, 0.2) is 0 Å². The lowest BCUT2D eigenvalue weighted by Gasteiger charge is -2.36. The van der Waals surface area contributed by atoms with Crippen LogP contribution in [-0.2, 0) is 9.59 Å². The van der Waals surface area contributed by atoms with Gasteiger partial charge >= 0.3 is 5.97 Å². The normalized spacial score (nSPS) is 30.9. The maximum absolute atomic E-state index is 13.3. The lowest BCUT2D eigenvalue weighted by molar-refractivity contribution is -0.149. The molecule has 1 saturated carbocycles. The molecule has 1 saturated heterocycles. The summed E-state index contributed by atoms with van der Waals surface area (Å²) in [7, 11) is 0. The number of hydrogen-bond donors (Lipinski definition) is 1. The molecular weight excluding hydrogens is 256 g/mol. The van der Waals surface area contributed by atoms with Gasteiger partial charge in [-0.05, 0) is 25.7 Å². The van der Waals surface area contributed by atoms with Gasteiger partial charge in [-0.3, -0.25) is 9.59 Å². The van der Waals surface area contributed by atoms with Crippen molar-refractivity contribution in [3.63, 3.8) is 0 Å². The van der Waals surface area contributed by atoms with Gasteiger partial charge in [0.1, 0.15) is 0 Å². The fraction of sp³-hybridized carbons (Fsp3) is 0.846. The van der Waals surface area contributed by atoms with E-state index in [4.69, 9.17) is 5.11 Å². The Balaban J connectivity index is 1.97. The zero-order valence-electron chi connectivity index (χ0n) is 10.8.